The van der Waals surface area contributed by atoms with Gasteiger partial charge in [0.15, 0.2) is 0 Å². The van der Waals surface area contributed by atoms with E-state index in [1.165, 1.54) is 0 Å². The SMILES string of the molecule is FC(F)(F)C(F)(F)C(F)(F)C(F)(F)C(F)(F)C(F)(F)C(F)(F)C(F)(F)C[SiH](Cl)Cl. The zero-order chi connectivity index (χ0) is 24.3. The third-order valence-electron chi connectivity index (χ3n) is 3.20. The molecule has 0 spiro atoms. The molecule has 176 valence electrons. The molecule has 0 unspecified atom stereocenters. The van der Waals surface area contributed by atoms with E-state index in [2.05, 4.69) is 22.2 Å². The molecular formula is C9H3Cl2F17Si. The van der Waals surface area contributed by atoms with Gasteiger partial charge in [0.1, 0.15) is 0 Å². The van der Waals surface area contributed by atoms with E-state index in [0.29, 0.717) is 0 Å². The molecule has 0 fully saturated rings. The van der Waals surface area contributed by atoms with Gasteiger partial charge in [0, 0.05) is 6.04 Å². The average Bonchev–Trinajstić information content (AvgIpc) is 2.43. The van der Waals surface area contributed by atoms with Crippen LogP contribution >= 0.6 is 22.2 Å². The number of rotatable bonds is 8. The Kier molecular flexibility index (Phi) is 7.24. The Morgan fingerprint density at radius 1 is 0.414 bits per heavy atom. The van der Waals surface area contributed by atoms with Crippen molar-refractivity contribution in [1.82, 2.24) is 0 Å². The first-order chi connectivity index (χ1) is 12.2. The first kappa shape index (κ1) is 28.6. The summed E-state index contributed by atoms with van der Waals surface area (Å²) in [6.07, 6.45) is -7.77. The fraction of sp³-hybridized carbons (Fsp3) is 1.00. The summed E-state index contributed by atoms with van der Waals surface area (Å²) in [4.78, 5) is 0. The third-order valence-corrected chi connectivity index (χ3v) is 4.94. The van der Waals surface area contributed by atoms with Crippen LogP contribution in [0.3, 0.4) is 0 Å². The summed E-state index contributed by atoms with van der Waals surface area (Å²) in [5, 5.41) is 0. The molecule has 20 heteroatoms. The smallest absolute Gasteiger partial charge is 0.200 e. The summed E-state index contributed by atoms with van der Waals surface area (Å²) in [6, 6.07) is -2.73. The Hall–Kier alpha value is -0.393. The Morgan fingerprint density at radius 2 is 0.655 bits per heavy atom. The standard InChI is InChI=1S/C9H3Cl2F17Si/c10-29(11)1-2(12,13)3(14,15)4(16,17)5(18,19)6(20,21)7(22,23)8(24,25)9(26,27)28/h29H,1H2. The third kappa shape index (κ3) is 3.96. The molecule has 0 N–H and O–H groups in total. The van der Waals surface area contributed by atoms with E-state index in [1.807, 2.05) is 0 Å². The van der Waals surface area contributed by atoms with Crippen LogP contribution in [0.15, 0.2) is 0 Å². The van der Waals surface area contributed by atoms with Gasteiger partial charge in [0.2, 0.25) is 7.42 Å². The molecule has 29 heavy (non-hydrogen) atoms. The highest BCUT2D eigenvalue weighted by Crippen LogP contribution is 2.64. The van der Waals surface area contributed by atoms with Crippen LogP contribution in [-0.2, 0) is 0 Å². The van der Waals surface area contributed by atoms with Crippen molar-refractivity contribution in [2.24, 2.45) is 0 Å². The van der Waals surface area contributed by atoms with Crippen LogP contribution in [0.25, 0.3) is 0 Å². The fourth-order valence-electron chi connectivity index (χ4n) is 1.52. The van der Waals surface area contributed by atoms with Crippen molar-refractivity contribution in [2.75, 3.05) is 0 Å². The summed E-state index contributed by atoms with van der Waals surface area (Å²) in [7, 11) is -4.12. The van der Waals surface area contributed by atoms with Gasteiger partial charge in [-0.3, -0.25) is 0 Å². The van der Waals surface area contributed by atoms with Gasteiger partial charge >= 0.3 is 47.6 Å². The summed E-state index contributed by atoms with van der Waals surface area (Å²) in [5.41, 5.74) is 0. The maximum Gasteiger partial charge on any atom is 0.460 e. The second-order valence-electron chi connectivity index (χ2n) is 5.24. The molecule has 0 aliphatic heterocycles. The normalized spacial score (nSPS) is 16.6. The van der Waals surface area contributed by atoms with Crippen LogP contribution in [0.2, 0.25) is 6.04 Å². The van der Waals surface area contributed by atoms with Gasteiger partial charge in [-0.05, 0) is 0 Å². The summed E-state index contributed by atoms with van der Waals surface area (Å²) in [6.45, 7) is 0. The van der Waals surface area contributed by atoms with E-state index >= 15 is 0 Å². The molecule has 0 nitrogen and oxygen atoms in total. The molecule has 0 rings (SSSR count). The predicted molar refractivity (Wildman–Crippen MR) is 64.3 cm³/mol. The van der Waals surface area contributed by atoms with Gasteiger partial charge in [0.25, 0.3) is 0 Å². The monoisotopic (exact) mass is 532 g/mol. The maximum atomic E-state index is 13.2. The Labute approximate surface area is 158 Å². The van der Waals surface area contributed by atoms with Crippen molar-refractivity contribution in [3.05, 3.63) is 0 Å². The number of hydrogen-bond donors (Lipinski definition) is 0. The summed E-state index contributed by atoms with van der Waals surface area (Å²) >= 11 is 9.34. The zero-order valence-corrected chi connectivity index (χ0v) is 15.1. The van der Waals surface area contributed by atoms with Crippen LogP contribution in [0.4, 0.5) is 74.6 Å². The lowest BCUT2D eigenvalue weighted by atomic mass is 9.89. The van der Waals surface area contributed by atoms with Crippen molar-refractivity contribution in [2.45, 2.75) is 53.7 Å². The highest BCUT2D eigenvalue weighted by molar-refractivity contribution is 7.33. The Balaban J connectivity index is 6.65. The molecule has 0 saturated heterocycles. The van der Waals surface area contributed by atoms with E-state index in [4.69, 9.17) is 0 Å². The largest absolute Gasteiger partial charge is 0.460 e. The number of hydrogen-bond acceptors (Lipinski definition) is 0. The minimum atomic E-state index is -8.62. The van der Waals surface area contributed by atoms with Gasteiger partial charge in [-0.2, -0.15) is 96.8 Å². The van der Waals surface area contributed by atoms with E-state index < -0.39 is 61.1 Å². The lowest BCUT2D eigenvalue weighted by Crippen LogP contribution is -2.74. The molecule has 0 bridgehead atoms. The fourth-order valence-corrected chi connectivity index (χ4v) is 3.33. The lowest BCUT2D eigenvalue weighted by Gasteiger charge is -2.42. The lowest BCUT2D eigenvalue weighted by molar-refractivity contribution is -0.460. The van der Waals surface area contributed by atoms with Crippen LogP contribution in [0, 0.1) is 0 Å². The molecule has 0 saturated carbocycles. The molecular weight excluding hydrogens is 530 g/mol. The molecule has 0 atom stereocenters. The van der Waals surface area contributed by atoms with Gasteiger partial charge in [-0.1, -0.05) is 0 Å². The van der Waals surface area contributed by atoms with Crippen molar-refractivity contribution < 1.29 is 74.6 Å². The van der Waals surface area contributed by atoms with Crippen molar-refractivity contribution in [1.29, 1.82) is 0 Å². The van der Waals surface area contributed by atoms with Crippen LogP contribution in [-0.4, -0.2) is 55.1 Å². The second-order valence-corrected chi connectivity index (χ2v) is 10.3. The van der Waals surface area contributed by atoms with E-state index in [0.717, 1.165) is 0 Å². The van der Waals surface area contributed by atoms with E-state index in [9.17, 15) is 74.6 Å². The van der Waals surface area contributed by atoms with Crippen LogP contribution in [0.5, 0.6) is 0 Å². The van der Waals surface area contributed by atoms with Gasteiger partial charge < -0.3 is 0 Å². The molecule has 0 heterocycles. The van der Waals surface area contributed by atoms with Gasteiger partial charge in [-0.15, -0.1) is 0 Å². The molecule has 0 amide bonds. The van der Waals surface area contributed by atoms with Crippen LogP contribution < -0.4 is 0 Å². The summed E-state index contributed by atoms with van der Waals surface area (Å²) in [5.74, 6) is -56.3. The van der Waals surface area contributed by atoms with Gasteiger partial charge in [-0.25, -0.2) is 0 Å². The topological polar surface area (TPSA) is 0 Å². The molecule has 0 aromatic heterocycles. The first-order valence-corrected chi connectivity index (χ1v) is 10.5. The van der Waals surface area contributed by atoms with Crippen molar-refractivity contribution in [3.8, 4) is 0 Å². The van der Waals surface area contributed by atoms with Crippen molar-refractivity contribution in [3.63, 3.8) is 0 Å². The molecule has 0 aliphatic rings. The first-order valence-electron chi connectivity index (χ1n) is 6.16. The van der Waals surface area contributed by atoms with E-state index in [1.54, 1.807) is 0 Å². The van der Waals surface area contributed by atoms with Crippen LogP contribution in [0.1, 0.15) is 0 Å². The maximum absolute atomic E-state index is 13.2. The Morgan fingerprint density at radius 3 is 0.897 bits per heavy atom. The van der Waals surface area contributed by atoms with Crippen molar-refractivity contribution >= 4 is 29.6 Å². The second kappa shape index (κ2) is 7.34. The molecule has 0 aromatic carbocycles. The molecule has 0 aliphatic carbocycles. The minimum absolute atomic E-state index is 2.73. The Bertz CT molecular complexity index is 594. The highest BCUT2D eigenvalue weighted by Gasteiger charge is 2.95. The highest BCUT2D eigenvalue weighted by atomic mass is 35.7. The predicted octanol–water partition coefficient (Wildman–Crippen LogP) is 6.69. The summed E-state index contributed by atoms with van der Waals surface area (Å²) < 4.78 is 218. The van der Waals surface area contributed by atoms with E-state index in [-0.39, 0.29) is 0 Å². The number of halogens is 19. The quantitative estimate of drug-likeness (QED) is 0.185. The average molecular weight is 533 g/mol. The number of alkyl halides is 17. The molecule has 0 radical (unpaired) electrons. The van der Waals surface area contributed by atoms with Gasteiger partial charge in [0.05, 0.1) is 0 Å². The molecule has 0 aromatic rings. The zero-order valence-electron chi connectivity index (χ0n) is 12.5. The minimum Gasteiger partial charge on any atom is -0.200 e.